The van der Waals surface area contributed by atoms with E-state index in [1.165, 1.54) is 11.8 Å². The molecule has 1 N–H and O–H groups in total. The fourth-order valence-corrected chi connectivity index (χ4v) is 3.39. The minimum Gasteiger partial charge on any atom is -0.300 e. The highest BCUT2D eigenvalue weighted by molar-refractivity contribution is 8.18. The molecule has 2 aromatic rings. The summed E-state index contributed by atoms with van der Waals surface area (Å²) in [6.45, 7) is 1.92. The molecule has 24 heavy (non-hydrogen) atoms. The van der Waals surface area contributed by atoms with E-state index in [4.69, 9.17) is 34.8 Å². The van der Waals surface area contributed by atoms with Crippen LogP contribution in [0.25, 0.3) is 6.08 Å². The van der Waals surface area contributed by atoms with Crippen molar-refractivity contribution in [2.75, 3.05) is 0 Å². The normalized spacial score (nSPS) is 17.6. The molecule has 0 aliphatic carbocycles. The van der Waals surface area contributed by atoms with Crippen molar-refractivity contribution >= 4 is 69.4 Å². The monoisotopic (exact) mass is 396 g/mol. The molecular weight excluding hydrogens is 387 g/mol. The van der Waals surface area contributed by atoms with Crippen LogP contribution in [0.15, 0.2) is 46.3 Å². The summed E-state index contributed by atoms with van der Waals surface area (Å²) in [5.74, 6) is -0.229. The lowest BCUT2D eigenvalue weighted by molar-refractivity contribution is -0.115. The Labute approximate surface area is 158 Å². The molecular formula is C17H11Cl3N2OS. The van der Waals surface area contributed by atoms with E-state index in [0.717, 1.165) is 5.56 Å². The third-order valence-electron chi connectivity index (χ3n) is 3.31. The van der Waals surface area contributed by atoms with Crippen LogP contribution < -0.4 is 5.32 Å². The first-order chi connectivity index (χ1) is 11.4. The van der Waals surface area contributed by atoms with Gasteiger partial charge in [-0.3, -0.25) is 4.79 Å². The molecule has 1 saturated heterocycles. The highest BCUT2D eigenvalue weighted by atomic mass is 35.5. The number of rotatable bonds is 2. The quantitative estimate of drug-likeness (QED) is 0.646. The Morgan fingerprint density at radius 1 is 1.12 bits per heavy atom. The van der Waals surface area contributed by atoms with Gasteiger partial charge in [-0.1, -0.05) is 53.0 Å². The molecule has 0 spiro atoms. The lowest BCUT2D eigenvalue weighted by Crippen LogP contribution is -2.19. The van der Waals surface area contributed by atoms with Crippen LogP contribution in [0.4, 0.5) is 5.69 Å². The fourth-order valence-electron chi connectivity index (χ4n) is 2.02. The summed E-state index contributed by atoms with van der Waals surface area (Å²) in [5, 5.41) is 4.70. The number of amidine groups is 1. The molecule has 1 amide bonds. The number of nitrogens with one attached hydrogen (secondary N) is 1. The van der Waals surface area contributed by atoms with Gasteiger partial charge in [0.05, 0.1) is 20.6 Å². The molecule has 0 atom stereocenters. The zero-order valence-electron chi connectivity index (χ0n) is 12.4. The second-order valence-electron chi connectivity index (χ2n) is 5.06. The predicted octanol–water partition coefficient (Wildman–Crippen LogP) is 5.85. The smallest absolute Gasteiger partial charge is 0.264 e. The topological polar surface area (TPSA) is 41.5 Å². The van der Waals surface area contributed by atoms with Gasteiger partial charge < -0.3 is 5.32 Å². The van der Waals surface area contributed by atoms with Gasteiger partial charge in [0.2, 0.25) is 0 Å². The summed E-state index contributed by atoms with van der Waals surface area (Å²) in [4.78, 5) is 17.0. The van der Waals surface area contributed by atoms with Gasteiger partial charge in [0, 0.05) is 5.02 Å². The number of carbonyl (C=O) groups is 1. The number of aryl methyl sites for hydroxylation is 1. The van der Waals surface area contributed by atoms with Crippen molar-refractivity contribution in [3.63, 3.8) is 0 Å². The van der Waals surface area contributed by atoms with Crippen LogP contribution in [-0.2, 0) is 4.79 Å². The summed E-state index contributed by atoms with van der Waals surface area (Å²) >= 11 is 19.5. The molecule has 0 aromatic heterocycles. The van der Waals surface area contributed by atoms with Crippen molar-refractivity contribution in [3.8, 4) is 0 Å². The number of amides is 1. The molecule has 0 saturated carbocycles. The summed E-state index contributed by atoms with van der Waals surface area (Å²) in [7, 11) is 0. The minimum absolute atomic E-state index is 0.229. The van der Waals surface area contributed by atoms with Crippen LogP contribution in [0.3, 0.4) is 0 Å². The zero-order chi connectivity index (χ0) is 17.3. The second-order valence-corrected chi connectivity index (χ2v) is 7.28. The van der Waals surface area contributed by atoms with Gasteiger partial charge in [-0.15, -0.1) is 0 Å². The number of hydrogen-bond donors (Lipinski definition) is 1. The number of thioether (sulfide) groups is 1. The van der Waals surface area contributed by atoms with E-state index in [0.29, 0.717) is 36.4 Å². The standard InChI is InChI=1S/C17H11Cl3N2OS/c1-9-5-6-11(8-13(9)19)21-17-22-16(23)14(24-17)7-10-3-2-4-12(18)15(10)20/h2-8H,1H3,(H,21,22,23)/b14-7-. The Hall–Kier alpha value is -1.46. The van der Waals surface area contributed by atoms with Gasteiger partial charge in [0.25, 0.3) is 5.91 Å². The van der Waals surface area contributed by atoms with Gasteiger partial charge in [-0.25, -0.2) is 4.99 Å². The average Bonchev–Trinajstić information content (AvgIpc) is 2.87. The van der Waals surface area contributed by atoms with E-state index in [1.807, 2.05) is 19.1 Å². The molecule has 1 fully saturated rings. The van der Waals surface area contributed by atoms with Crippen LogP contribution in [-0.4, -0.2) is 11.1 Å². The Morgan fingerprint density at radius 2 is 1.92 bits per heavy atom. The van der Waals surface area contributed by atoms with Gasteiger partial charge in [0.15, 0.2) is 5.17 Å². The van der Waals surface area contributed by atoms with Crippen molar-refractivity contribution in [1.82, 2.24) is 5.32 Å². The van der Waals surface area contributed by atoms with Crippen molar-refractivity contribution in [1.29, 1.82) is 0 Å². The Kier molecular flexibility index (Phi) is 5.21. The number of aliphatic imine (C=N–C) groups is 1. The molecule has 3 rings (SSSR count). The van der Waals surface area contributed by atoms with Crippen LogP contribution in [0, 0.1) is 6.92 Å². The summed E-state index contributed by atoms with van der Waals surface area (Å²) in [6, 6.07) is 10.8. The zero-order valence-corrected chi connectivity index (χ0v) is 15.5. The minimum atomic E-state index is -0.229. The highest BCUT2D eigenvalue weighted by Gasteiger charge is 2.24. The number of benzene rings is 2. The third kappa shape index (κ3) is 3.78. The SMILES string of the molecule is Cc1ccc(N=C2NC(=O)/C(=C/c3cccc(Cl)c3Cl)S2)cc1Cl. The maximum atomic E-state index is 12.1. The number of carbonyl (C=O) groups excluding carboxylic acids is 1. The summed E-state index contributed by atoms with van der Waals surface area (Å²) < 4.78 is 0. The first-order valence-electron chi connectivity index (χ1n) is 6.94. The molecule has 1 aliphatic heterocycles. The largest absolute Gasteiger partial charge is 0.300 e. The maximum Gasteiger partial charge on any atom is 0.264 e. The Balaban J connectivity index is 1.88. The average molecular weight is 398 g/mol. The van der Waals surface area contributed by atoms with E-state index in [1.54, 1.807) is 30.3 Å². The van der Waals surface area contributed by atoms with E-state index < -0.39 is 0 Å². The van der Waals surface area contributed by atoms with E-state index in [9.17, 15) is 4.79 Å². The van der Waals surface area contributed by atoms with E-state index in [2.05, 4.69) is 10.3 Å². The van der Waals surface area contributed by atoms with Crippen molar-refractivity contribution < 1.29 is 4.79 Å². The molecule has 0 bridgehead atoms. The number of nitrogens with zero attached hydrogens (tertiary/aromatic N) is 1. The van der Waals surface area contributed by atoms with Gasteiger partial charge in [-0.2, -0.15) is 0 Å². The van der Waals surface area contributed by atoms with Crippen LogP contribution in [0.1, 0.15) is 11.1 Å². The number of hydrogen-bond acceptors (Lipinski definition) is 3. The summed E-state index contributed by atoms with van der Waals surface area (Å²) in [5.41, 5.74) is 2.33. The first-order valence-corrected chi connectivity index (χ1v) is 8.89. The van der Waals surface area contributed by atoms with E-state index in [-0.39, 0.29) is 5.91 Å². The molecule has 3 nitrogen and oxygen atoms in total. The molecule has 122 valence electrons. The highest BCUT2D eigenvalue weighted by Crippen LogP contribution is 2.32. The Morgan fingerprint density at radius 3 is 2.67 bits per heavy atom. The van der Waals surface area contributed by atoms with Gasteiger partial charge in [-0.05, 0) is 54.1 Å². The molecule has 1 heterocycles. The Bertz CT molecular complexity index is 893. The van der Waals surface area contributed by atoms with Crippen LogP contribution >= 0.6 is 46.6 Å². The van der Waals surface area contributed by atoms with Crippen molar-refractivity contribution in [2.45, 2.75) is 6.92 Å². The molecule has 1 aliphatic rings. The molecule has 7 heteroatoms. The number of halogens is 3. The molecule has 0 unspecified atom stereocenters. The lowest BCUT2D eigenvalue weighted by atomic mass is 10.2. The molecule has 0 radical (unpaired) electrons. The van der Waals surface area contributed by atoms with Crippen LogP contribution in [0.5, 0.6) is 0 Å². The predicted molar refractivity (Wildman–Crippen MR) is 103 cm³/mol. The van der Waals surface area contributed by atoms with E-state index >= 15 is 0 Å². The second kappa shape index (κ2) is 7.19. The van der Waals surface area contributed by atoms with Crippen molar-refractivity contribution in [2.24, 2.45) is 4.99 Å². The van der Waals surface area contributed by atoms with Crippen molar-refractivity contribution in [3.05, 3.63) is 67.5 Å². The van der Waals surface area contributed by atoms with Gasteiger partial charge in [0.1, 0.15) is 0 Å². The lowest BCUT2D eigenvalue weighted by Gasteiger charge is -2.01. The van der Waals surface area contributed by atoms with Gasteiger partial charge >= 0.3 is 0 Å². The first kappa shape index (κ1) is 17.4. The summed E-state index contributed by atoms with van der Waals surface area (Å²) in [6.07, 6.45) is 1.69. The third-order valence-corrected chi connectivity index (χ3v) is 5.46. The van der Waals surface area contributed by atoms with Crippen LogP contribution in [0.2, 0.25) is 15.1 Å². The maximum absolute atomic E-state index is 12.1. The fraction of sp³-hybridized carbons (Fsp3) is 0.0588. The molecule has 2 aromatic carbocycles.